The van der Waals surface area contributed by atoms with Gasteiger partial charge in [-0.05, 0) is 38.8 Å². The second-order valence-corrected chi connectivity index (χ2v) is 4.53. The van der Waals surface area contributed by atoms with Crippen LogP contribution in [0.4, 0.5) is 0 Å². The second-order valence-electron chi connectivity index (χ2n) is 4.53. The van der Waals surface area contributed by atoms with E-state index >= 15 is 0 Å². The molecule has 1 heterocycles. The Kier molecular flexibility index (Phi) is 5.58. The van der Waals surface area contributed by atoms with Gasteiger partial charge >= 0.3 is 0 Å². The Hall–Kier alpha value is -0.120. The molecule has 3 nitrogen and oxygen atoms in total. The molecule has 0 atom stereocenters. The van der Waals surface area contributed by atoms with Crippen molar-refractivity contribution in [3.05, 3.63) is 0 Å². The van der Waals surface area contributed by atoms with E-state index in [1.807, 2.05) is 0 Å². The first-order valence-electron chi connectivity index (χ1n) is 6.32. The van der Waals surface area contributed by atoms with E-state index in [1.54, 1.807) is 0 Å². The maximum atomic E-state index is 6.00. The summed E-state index contributed by atoms with van der Waals surface area (Å²) in [5, 5.41) is 0. The third-order valence-electron chi connectivity index (χ3n) is 3.46. The topological polar surface area (TPSA) is 38.5 Å². The first kappa shape index (κ1) is 12.9. The maximum Gasteiger partial charge on any atom is 0.0484 e. The van der Waals surface area contributed by atoms with Crippen LogP contribution in [0.3, 0.4) is 0 Å². The highest BCUT2D eigenvalue weighted by Gasteiger charge is 2.36. The van der Waals surface area contributed by atoms with E-state index < -0.39 is 0 Å². The van der Waals surface area contributed by atoms with Gasteiger partial charge in [-0.1, -0.05) is 13.8 Å². The number of nitrogens with two attached hydrogens (primary N) is 1. The van der Waals surface area contributed by atoms with Crippen LogP contribution in [0.2, 0.25) is 0 Å². The van der Waals surface area contributed by atoms with Crippen LogP contribution in [0.25, 0.3) is 0 Å². The quantitative estimate of drug-likeness (QED) is 0.730. The van der Waals surface area contributed by atoms with Crippen molar-refractivity contribution in [1.82, 2.24) is 4.90 Å². The third-order valence-corrected chi connectivity index (χ3v) is 3.46. The van der Waals surface area contributed by atoms with Gasteiger partial charge in [0.2, 0.25) is 0 Å². The molecule has 1 fully saturated rings. The number of hydrogen-bond acceptors (Lipinski definition) is 3. The molecule has 0 saturated carbocycles. The molecule has 1 aliphatic heterocycles. The van der Waals surface area contributed by atoms with Crippen LogP contribution < -0.4 is 5.73 Å². The SMILES string of the molecule is CCCN(CCC)C1(CN)CCOCC1. The predicted octanol–water partition coefficient (Wildman–Crippen LogP) is 1.62. The summed E-state index contributed by atoms with van der Waals surface area (Å²) in [6, 6.07) is 0. The highest BCUT2D eigenvalue weighted by atomic mass is 16.5. The van der Waals surface area contributed by atoms with Crippen LogP contribution in [-0.4, -0.2) is 43.3 Å². The molecule has 0 bridgehead atoms. The lowest BCUT2D eigenvalue weighted by molar-refractivity contribution is -0.0243. The molecule has 0 aromatic heterocycles. The van der Waals surface area contributed by atoms with Crippen LogP contribution in [-0.2, 0) is 4.74 Å². The monoisotopic (exact) mass is 214 g/mol. The van der Waals surface area contributed by atoms with Gasteiger partial charge in [-0.2, -0.15) is 0 Å². The van der Waals surface area contributed by atoms with Crippen molar-refractivity contribution >= 4 is 0 Å². The summed E-state index contributed by atoms with van der Waals surface area (Å²) in [5.41, 5.74) is 6.23. The molecule has 1 aliphatic rings. The second kappa shape index (κ2) is 6.46. The molecule has 1 saturated heterocycles. The average Bonchev–Trinajstić information content (AvgIpc) is 2.30. The van der Waals surface area contributed by atoms with Crippen LogP contribution in [0.5, 0.6) is 0 Å². The lowest BCUT2D eigenvalue weighted by Crippen LogP contribution is -2.57. The van der Waals surface area contributed by atoms with Crippen molar-refractivity contribution in [3.8, 4) is 0 Å². The maximum absolute atomic E-state index is 6.00. The molecule has 3 heteroatoms. The molecule has 1 rings (SSSR count). The van der Waals surface area contributed by atoms with Crippen molar-refractivity contribution in [2.45, 2.75) is 45.1 Å². The van der Waals surface area contributed by atoms with E-state index in [-0.39, 0.29) is 5.54 Å². The summed E-state index contributed by atoms with van der Waals surface area (Å²) in [6.07, 6.45) is 4.62. The molecule has 0 aromatic carbocycles. The van der Waals surface area contributed by atoms with Crippen LogP contribution in [0.15, 0.2) is 0 Å². The lowest BCUT2D eigenvalue weighted by Gasteiger charge is -2.45. The van der Waals surface area contributed by atoms with Crippen LogP contribution in [0, 0.1) is 0 Å². The van der Waals surface area contributed by atoms with Crippen molar-refractivity contribution < 1.29 is 4.74 Å². The van der Waals surface area contributed by atoms with Crippen LogP contribution >= 0.6 is 0 Å². The molecule has 0 spiro atoms. The van der Waals surface area contributed by atoms with Gasteiger partial charge in [0.25, 0.3) is 0 Å². The molecule has 0 aromatic rings. The number of hydrogen-bond donors (Lipinski definition) is 1. The van der Waals surface area contributed by atoms with Gasteiger partial charge in [0, 0.05) is 25.3 Å². The average molecular weight is 214 g/mol. The van der Waals surface area contributed by atoms with Crippen molar-refractivity contribution in [3.63, 3.8) is 0 Å². The van der Waals surface area contributed by atoms with Gasteiger partial charge in [0.15, 0.2) is 0 Å². The van der Waals surface area contributed by atoms with E-state index in [2.05, 4.69) is 18.7 Å². The van der Waals surface area contributed by atoms with Crippen LogP contribution in [0.1, 0.15) is 39.5 Å². The van der Waals surface area contributed by atoms with Crippen molar-refractivity contribution in [2.24, 2.45) is 5.73 Å². The zero-order valence-electron chi connectivity index (χ0n) is 10.3. The molecule has 0 unspecified atom stereocenters. The predicted molar refractivity (Wildman–Crippen MR) is 64.0 cm³/mol. The summed E-state index contributed by atoms with van der Waals surface area (Å²) in [7, 11) is 0. The van der Waals surface area contributed by atoms with Crippen molar-refractivity contribution in [1.29, 1.82) is 0 Å². The Bertz CT molecular complexity index is 161. The zero-order chi connectivity index (χ0) is 11.1. The Morgan fingerprint density at radius 3 is 2.07 bits per heavy atom. The fourth-order valence-electron chi connectivity index (χ4n) is 2.53. The van der Waals surface area contributed by atoms with E-state index in [9.17, 15) is 0 Å². The number of ether oxygens (including phenoxy) is 1. The smallest absolute Gasteiger partial charge is 0.0484 e. The Morgan fingerprint density at radius 1 is 1.13 bits per heavy atom. The molecule has 0 aliphatic carbocycles. The van der Waals surface area contributed by atoms with Gasteiger partial charge in [0.1, 0.15) is 0 Å². The highest BCUT2D eigenvalue weighted by Crippen LogP contribution is 2.27. The highest BCUT2D eigenvalue weighted by molar-refractivity contribution is 4.93. The minimum Gasteiger partial charge on any atom is -0.381 e. The number of nitrogens with zero attached hydrogens (tertiary/aromatic N) is 1. The van der Waals surface area contributed by atoms with Gasteiger partial charge in [-0.25, -0.2) is 0 Å². The molecule has 0 amide bonds. The molecule has 0 radical (unpaired) electrons. The minimum absolute atomic E-state index is 0.226. The van der Waals surface area contributed by atoms with E-state index in [1.165, 1.54) is 25.9 Å². The number of rotatable bonds is 6. The molecule has 15 heavy (non-hydrogen) atoms. The standard InChI is InChI=1S/C12H26N2O/c1-3-7-14(8-4-2)12(11-13)5-9-15-10-6-12/h3-11,13H2,1-2H3. The largest absolute Gasteiger partial charge is 0.381 e. The summed E-state index contributed by atoms with van der Waals surface area (Å²) < 4.78 is 5.45. The molecular weight excluding hydrogens is 188 g/mol. The van der Waals surface area contributed by atoms with Crippen molar-refractivity contribution in [2.75, 3.05) is 32.8 Å². The Labute approximate surface area is 94.0 Å². The first-order valence-corrected chi connectivity index (χ1v) is 6.32. The summed E-state index contributed by atoms with van der Waals surface area (Å²) in [4.78, 5) is 2.59. The Balaban J connectivity index is 2.65. The fourth-order valence-corrected chi connectivity index (χ4v) is 2.53. The van der Waals surface area contributed by atoms with Gasteiger partial charge in [0.05, 0.1) is 0 Å². The van der Waals surface area contributed by atoms with E-state index in [0.717, 1.165) is 32.6 Å². The fraction of sp³-hybridized carbons (Fsp3) is 1.00. The van der Waals surface area contributed by atoms with Gasteiger partial charge in [-0.15, -0.1) is 0 Å². The normalized spacial score (nSPS) is 20.8. The summed E-state index contributed by atoms with van der Waals surface area (Å²) >= 11 is 0. The molecular formula is C12H26N2O. The lowest BCUT2D eigenvalue weighted by atomic mass is 9.87. The molecule has 90 valence electrons. The zero-order valence-corrected chi connectivity index (χ0v) is 10.3. The molecule has 2 N–H and O–H groups in total. The van der Waals surface area contributed by atoms with E-state index in [4.69, 9.17) is 10.5 Å². The summed E-state index contributed by atoms with van der Waals surface area (Å²) in [6.45, 7) is 9.35. The first-order chi connectivity index (χ1) is 7.29. The van der Waals surface area contributed by atoms with Gasteiger partial charge < -0.3 is 10.5 Å². The van der Waals surface area contributed by atoms with Gasteiger partial charge in [-0.3, -0.25) is 4.90 Å². The minimum atomic E-state index is 0.226. The Morgan fingerprint density at radius 2 is 1.67 bits per heavy atom. The summed E-state index contributed by atoms with van der Waals surface area (Å²) in [5.74, 6) is 0. The van der Waals surface area contributed by atoms with E-state index in [0.29, 0.717) is 0 Å². The third kappa shape index (κ3) is 3.16.